The van der Waals surface area contributed by atoms with Crippen molar-refractivity contribution in [1.82, 2.24) is 5.32 Å². The Labute approximate surface area is 174 Å². The van der Waals surface area contributed by atoms with E-state index in [1.165, 1.54) is 0 Å². The van der Waals surface area contributed by atoms with Gasteiger partial charge in [-0.2, -0.15) is 0 Å². The summed E-state index contributed by atoms with van der Waals surface area (Å²) in [7, 11) is 0. The number of nitrogens with zero attached hydrogens (tertiary/aromatic N) is 1. The minimum Gasteiger partial charge on any atom is -0.395 e. The van der Waals surface area contributed by atoms with Gasteiger partial charge in [0.1, 0.15) is 0 Å². The van der Waals surface area contributed by atoms with Gasteiger partial charge in [0.05, 0.1) is 35.7 Å². The molecule has 2 aliphatic rings. The number of ketones is 2. The Bertz CT molecular complexity index is 976. The van der Waals surface area contributed by atoms with Crippen LogP contribution >= 0.6 is 0 Å². The largest absolute Gasteiger partial charge is 0.395 e. The highest BCUT2D eigenvalue weighted by atomic mass is 16.3. The van der Waals surface area contributed by atoms with Gasteiger partial charge in [-0.3, -0.25) is 9.59 Å². The van der Waals surface area contributed by atoms with E-state index < -0.39 is 0 Å². The van der Waals surface area contributed by atoms with Crippen molar-refractivity contribution in [2.75, 3.05) is 68.0 Å². The minimum atomic E-state index is -0.171. The Morgan fingerprint density at radius 1 is 0.967 bits per heavy atom. The number of carbonyl (C=O) groups is 2. The summed E-state index contributed by atoms with van der Waals surface area (Å²) in [6, 6.07) is 8.80. The average Bonchev–Trinajstić information content (AvgIpc) is 2.77. The highest BCUT2D eigenvalue weighted by Gasteiger charge is 2.36. The maximum Gasteiger partial charge on any atom is 0.196 e. The van der Waals surface area contributed by atoms with Crippen LogP contribution in [-0.4, -0.2) is 74.3 Å². The number of hydrogen-bond acceptors (Lipinski definition) is 8. The maximum absolute atomic E-state index is 13.4. The Hall–Kier alpha value is -2.94. The molecule has 5 N–H and O–H groups in total. The third kappa shape index (κ3) is 3.54. The monoisotopic (exact) mass is 410 g/mol. The third-order valence-electron chi connectivity index (χ3n) is 5.48. The lowest BCUT2D eigenvalue weighted by molar-refractivity contribution is 0.0980. The van der Waals surface area contributed by atoms with Gasteiger partial charge in [-0.15, -0.1) is 0 Å². The van der Waals surface area contributed by atoms with Gasteiger partial charge in [0, 0.05) is 56.1 Å². The number of hydrogen-bond donors (Lipinski definition) is 5. The summed E-state index contributed by atoms with van der Waals surface area (Å²) in [6.07, 6.45) is 0. The standard InChI is InChI=1S/C22H26N4O4/c27-11-8-23-5-6-24-16-13-17-20(25-7-9-26(17)10-12-28)19-18(16)21(29)14-3-1-2-4-15(14)22(19)30/h1-4,13,23-25,27-28H,5-12H2. The molecule has 1 aliphatic heterocycles. The molecule has 158 valence electrons. The van der Waals surface area contributed by atoms with Crippen molar-refractivity contribution in [2.24, 2.45) is 0 Å². The number of carbonyl (C=O) groups excluding carboxylic acids is 2. The van der Waals surface area contributed by atoms with E-state index in [0.29, 0.717) is 72.9 Å². The first-order valence-corrected chi connectivity index (χ1v) is 10.2. The molecule has 1 aliphatic carbocycles. The van der Waals surface area contributed by atoms with Gasteiger partial charge < -0.3 is 31.1 Å². The smallest absolute Gasteiger partial charge is 0.196 e. The predicted molar refractivity (Wildman–Crippen MR) is 116 cm³/mol. The number of nitrogens with one attached hydrogen (secondary N) is 3. The van der Waals surface area contributed by atoms with Crippen LogP contribution in [0.15, 0.2) is 30.3 Å². The molecular weight excluding hydrogens is 384 g/mol. The molecule has 0 unspecified atom stereocenters. The molecule has 0 aromatic heterocycles. The molecule has 8 heteroatoms. The molecule has 0 amide bonds. The van der Waals surface area contributed by atoms with Crippen LogP contribution in [0.25, 0.3) is 0 Å². The fourth-order valence-corrected chi connectivity index (χ4v) is 4.13. The zero-order valence-corrected chi connectivity index (χ0v) is 16.7. The Balaban J connectivity index is 1.81. The average molecular weight is 410 g/mol. The van der Waals surface area contributed by atoms with Crippen LogP contribution in [0.1, 0.15) is 31.8 Å². The van der Waals surface area contributed by atoms with Gasteiger partial charge in [-0.25, -0.2) is 0 Å². The number of aliphatic hydroxyl groups is 2. The molecule has 0 saturated carbocycles. The summed E-state index contributed by atoms with van der Waals surface area (Å²) in [6.45, 7) is 3.45. The maximum atomic E-state index is 13.4. The highest BCUT2D eigenvalue weighted by molar-refractivity contribution is 6.32. The zero-order valence-electron chi connectivity index (χ0n) is 16.7. The molecule has 0 spiro atoms. The van der Waals surface area contributed by atoms with Gasteiger partial charge in [0.2, 0.25) is 0 Å². The van der Waals surface area contributed by atoms with Crippen LogP contribution in [-0.2, 0) is 0 Å². The number of β-amino-alcohol motifs (C(OH)–C–C–N with tert-alkyl or cyclic N) is 1. The van der Waals surface area contributed by atoms with E-state index in [1.807, 2.05) is 11.0 Å². The van der Waals surface area contributed by atoms with Crippen LogP contribution in [0.2, 0.25) is 0 Å². The molecule has 2 aromatic carbocycles. The van der Waals surface area contributed by atoms with Crippen molar-refractivity contribution in [3.05, 3.63) is 52.6 Å². The second-order valence-electron chi connectivity index (χ2n) is 7.31. The molecular formula is C22H26N4O4. The van der Waals surface area contributed by atoms with Crippen molar-refractivity contribution in [3.8, 4) is 0 Å². The van der Waals surface area contributed by atoms with Crippen LogP contribution < -0.4 is 20.9 Å². The lowest BCUT2D eigenvalue weighted by Gasteiger charge is -2.35. The second kappa shape index (κ2) is 8.83. The summed E-state index contributed by atoms with van der Waals surface area (Å²) in [5.41, 5.74) is 3.68. The summed E-state index contributed by atoms with van der Waals surface area (Å²) in [5, 5.41) is 28.1. The van der Waals surface area contributed by atoms with Crippen LogP contribution in [0.4, 0.5) is 17.1 Å². The second-order valence-corrected chi connectivity index (χ2v) is 7.31. The molecule has 0 bridgehead atoms. The Morgan fingerprint density at radius 3 is 2.40 bits per heavy atom. The summed E-state index contributed by atoms with van der Waals surface area (Å²) < 4.78 is 0. The van der Waals surface area contributed by atoms with E-state index in [9.17, 15) is 14.7 Å². The SMILES string of the molecule is O=C1c2ccccc2C(=O)c2c3c(cc(NCCNCCO)c21)N(CCO)CCN3. The van der Waals surface area contributed by atoms with Crippen molar-refractivity contribution < 1.29 is 19.8 Å². The number of aliphatic hydroxyl groups excluding tert-OH is 2. The topological polar surface area (TPSA) is 114 Å². The van der Waals surface area contributed by atoms with E-state index >= 15 is 0 Å². The molecule has 0 atom stereocenters. The number of fused-ring (bicyclic) bond motifs is 4. The predicted octanol–water partition coefficient (Wildman–Crippen LogP) is 0.680. The summed E-state index contributed by atoms with van der Waals surface area (Å²) in [5.74, 6) is -0.341. The van der Waals surface area contributed by atoms with Gasteiger partial charge >= 0.3 is 0 Å². The first-order chi connectivity index (χ1) is 14.7. The van der Waals surface area contributed by atoms with E-state index in [1.54, 1.807) is 24.3 Å². The van der Waals surface area contributed by atoms with Crippen LogP contribution in [0, 0.1) is 0 Å². The summed E-state index contributed by atoms with van der Waals surface area (Å²) >= 11 is 0. The van der Waals surface area contributed by atoms with E-state index in [4.69, 9.17) is 5.11 Å². The van der Waals surface area contributed by atoms with Crippen molar-refractivity contribution >= 4 is 28.6 Å². The molecule has 8 nitrogen and oxygen atoms in total. The Morgan fingerprint density at radius 2 is 1.70 bits per heavy atom. The fraction of sp³-hybridized carbons (Fsp3) is 0.364. The third-order valence-corrected chi connectivity index (χ3v) is 5.48. The van der Waals surface area contributed by atoms with E-state index in [-0.39, 0.29) is 24.8 Å². The first kappa shape index (κ1) is 20.3. The normalized spacial score (nSPS) is 14.7. The lowest BCUT2D eigenvalue weighted by Crippen LogP contribution is -2.38. The minimum absolute atomic E-state index is 0.0000762. The van der Waals surface area contributed by atoms with Crippen molar-refractivity contribution in [2.45, 2.75) is 0 Å². The van der Waals surface area contributed by atoms with Gasteiger partial charge in [0.25, 0.3) is 0 Å². The van der Waals surface area contributed by atoms with Gasteiger partial charge in [0.15, 0.2) is 11.6 Å². The van der Waals surface area contributed by atoms with Crippen LogP contribution in [0.3, 0.4) is 0 Å². The first-order valence-electron chi connectivity index (χ1n) is 10.2. The van der Waals surface area contributed by atoms with E-state index in [0.717, 1.165) is 5.69 Å². The molecule has 2 aromatic rings. The quantitative estimate of drug-likeness (QED) is 0.345. The molecule has 0 fully saturated rings. The highest BCUT2D eigenvalue weighted by Crippen LogP contribution is 2.43. The van der Waals surface area contributed by atoms with E-state index in [2.05, 4.69) is 16.0 Å². The van der Waals surface area contributed by atoms with Crippen molar-refractivity contribution in [1.29, 1.82) is 0 Å². The molecule has 1 heterocycles. The van der Waals surface area contributed by atoms with Crippen LogP contribution in [0.5, 0.6) is 0 Å². The van der Waals surface area contributed by atoms with Gasteiger partial charge in [-0.05, 0) is 6.07 Å². The fourth-order valence-electron chi connectivity index (χ4n) is 4.13. The molecule has 0 saturated heterocycles. The zero-order chi connectivity index (χ0) is 21.1. The molecule has 0 radical (unpaired) electrons. The Kier molecular flexibility index (Phi) is 5.98. The number of rotatable bonds is 8. The van der Waals surface area contributed by atoms with Crippen molar-refractivity contribution in [3.63, 3.8) is 0 Å². The molecule has 30 heavy (non-hydrogen) atoms. The van der Waals surface area contributed by atoms with Gasteiger partial charge in [-0.1, -0.05) is 24.3 Å². The molecule has 4 rings (SSSR count). The lowest BCUT2D eigenvalue weighted by atomic mass is 9.81. The number of anilines is 3. The number of benzene rings is 2. The summed E-state index contributed by atoms with van der Waals surface area (Å²) in [4.78, 5) is 28.8.